The number of benzene rings is 2. The average molecular weight is 363 g/mol. The van der Waals surface area contributed by atoms with E-state index in [1.54, 1.807) is 37.6 Å². The zero-order valence-electron chi connectivity index (χ0n) is 15.2. The van der Waals surface area contributed by atoms with Crippen LogP contribution >= 0.6 is 0 Å². The highest BCUT2D eigenvalue weighted by Gasteiger charge is 2.11. The summed E-state index contributed by atoms with van der Waals surface area (Å²) in [6.45, 7) is 0.587. The van der Waals surface area contributed by atoms with Crippen molar-refractivity contribution in [2.24, 2.45) is 0 Å². The molecule has 0 saturated heterocycles. The lowest BCUT2D eigenvalue weighted by atomic mass is 10.2. The number of nitrogens with zero attached hydrogens (tertiary/aromatic N) is 1. The summed E-state index contributed by atoms with van der Waals surface area (Å²) in [7, 11) is 3.19. The first-order chi connectivity index (χ1) is 13.2. The molecule has 6 nitrogen and oxygen atoms in total. The molecule has 0 aliphatic rings. The first-order valence-corrected chi connectivity index (χ1v) is 8.47. The van der Waals surface area contributed by atoms with E-state index in [0.29, 0.717) is 29.4 Å². The van der Waals surface area contributed by atoms with Gasteiger partial charge in [0.05, 0.1) is 31.7 Å². The number of pyridine rings is 1. The minimum absolute atomic E-state index is 0.246. The number of rotatable bonds is 7. The SMILES string of the molecule is COc1ccccc1CNc1ccc(NC(=O)c2ccccc2OC)cn1. The van der Waals surface area contributed by atoms with Crippen LogP contribution in [0.4, 0.5) is 11.5 Å². The van der Waals surface area contributed by atoms with Crippen LogP contribution in [0.3, 0.4) is 0 Å². The highest BCUT2D eigenvalue weighted by molar-refractivity contribution is 6.06. The third-order valence-corrected chi connectivity index (χ3v) is 4.03. The lowest BCUT2D eigenvalue weighted by Crippen LogP contribution is -2.13. The van der Waals surface area contributed by atoms with Gasteiger partial charge in [-0.1, -0.05) is 30.3 Å². The van der Waals surface area contributed by atoms with Gasteiger partial charge in [0.25, 0.3) is 5.91 Å². The molecular weight excluding hydrogens is 342 g/mol. The lowest BCUT2D eigenvalue weighted by molar-refractivity contribution is 0.102. The third kappa shape index (κ3) is 4.55. The Morgan fingerprint density at radius 1 is 0.926 bits per heavy atom. The fourth-order valence-electron chi connectivity index (χ4n) is 2.64. The maximum atomic E-state index is 12.4. The summed E-state index contributed by atoms with van der Waals surface area (Å²) >= 11 is 0. The number of carbonyl (C=O) groups is 1. The summed E-state index contributed by atoms with van der Waals surface area (Å²) in [6, 6.07) is 18.5. The second-order valence-corrected chi connectivity index (χ2v) is 5.75. The zero-order valence-corrected chi connectivity index (χ0v) is 15.2. The Morgan fingerprint density at radius 2 is 1.63 bits per heavy atom. The van der Waals surface area contributed by atoms with E-state index >= 15 is 0 Å². The number of methoxy groups -OCH3 is 2. The summed E-state index contributed by atoms with van der Waals surface area (Å²) in [5.41, 5.74) is 2.11. The molecule has 0 spiro atoms. The van der Waals surface area contributed by atoms with Gasteiger partial charge in [0.2, 0.25) is 0 Å². The summed E-state index contributed by atoms with van der Waals surface area (Å²) in [4.78, 5) is 16.8. The summed E-state index contributed by atoms with van der Waals surface area (Å²) in [6.07, 6.45) is 1.61. The molecule has 2 aromatic carbocycles. The van der Waals surface area contributed by atoms with Gasteiger partial charge in [-0.05, 0) is 30.3 Å². The molecule has 0 saturated carbocycles. The quantitative estimate of drug-likeness (QED) is 0.665. The van der Waals surface area contributed by atoms with Gasteiger partial charge >= 0.3 is 0 Å². The maximum absolute atomic E-state index is 12.4. The van der Waals surface area contributed by atoms with Gasteiger partial charge in [0.1, 0.15) is 17.3 Å². The van der Waals surface area contributed by atoms with E-state index in [1.165, 1.54) is 7.11 Å². The largest absolute Gasteiger partial charge is 0.496 e. The summed E-state index contributed by atoms with van der Waals surface area (Å²) < 4.78 is 10.6. The van der Waals surface area contributed by atoms with Crippen LogP contribution in [-0.2, 0) is 6.54 Å². The minimum Gasteiger partial charge on any atom is -0.496 e. The molecular formula is C21H21N3O3. The van der Waals surface area contributed by atoms with Crippen molar-refractivity contribution in [1.82, 2.24) is 4.98 Å². The van der Waals surface area contributed by atoms with E-state index in [9.17, 15) is 4.79 Å². The predicted molar refractivity (Wildman–Crippen MR) is 106 cm³/mol. The first kappa shape index (κ1) is 18.3. The molecule has 0 aliphatic carbocycles. The van der Waals surface area contributed by atoms with Crippen molar-refractivity contribution in [3.05, 3.63) is 78.0 Å². The van der Waals surface area contributed by atoms with Gasteiger partial charge in [0.15, 0.2) is 0 Å². The molecule has 3 aromatic rings. The molecule has 27 heavy (non-hydrogen) atoms. The van der Waals surface area contributed by atoms with Crippen molar-refractivity contribution in [1.29, 1.82) is 0 Å². The summed E-state index contributed by atoms with van der Waals surface area (Å²) in [5, 5.41) is 6.07. The molecule has 138 valence electrons. The van der Waals surface area contributed by atoms with Crippen molar-refractivity contribution < 1.29 is 14.3 Å². The van der Waals surface area contributed by atoms with E-state index in [0.717, 1.165) is 11.3 Å². The predicted octanol–water partition coefficient (Wildman–Crippen LogP) is 3.96. The van der Waals surface area contributed by atoms with Gasteiger partial charge < -0.3 is 20.1 Å². The van der Waals surface area contributed by atoms with Crippen LogP contribution in [0.1, 0.15) is 15.9 Å². The number of aromatic nitrogens is 1. The molecule has 0 radical (unpaired) electrons. The Hall–Kier alpha value is -3.54. The molecule has 0 atom stereocenters. The number of hydrogen-bond donors (Lipinski definition) is 2. The van der Waals surface area contributed by atoms with E-state index in [2.05, 4.69) is 15.6 Å². The highest BCUT2D eigenvalue weighted by Crippen LogP contribution is 2.21. The lowest BCUT2D eigenvalue weighted by Gasteiger charge is -2.11. The Kier molecular flexibility index (Phi) is 5.89. The fraction of sp³-hybridized carbons (Fsp3) is 0.143. The standard InChI is InChI=1S/C21H21N3O3/c1-26-18-9-5-3-7-15(18)13-22-20-12-11-16(14-23-20)24-21(25)17-8-4-6-10-19(17)27-2/h3-12,14H,13H2,1-2H3,(H,22,23)(H,24,25). The molecule has 0 unspecified atom stereocenters. The molecule has 0 fully saturated rings. The number of nitrogens with one attached hydrogen (secondary N) is 2. The maximum Gasteiger partial charge on any atom is 0.259 e. The van der Waals surface area contributed by atoms with Gasteiger partial charge in [-0.2, -0.15) is 0 Å². The monoisotopic (exact) mass is 363 g/mol. The summed E-state index contributed by atoms with van der Waals surface area (Å²) in [5.74, 6) is 1.81. The third-order valence-electron chi connectivity index (χ3n) is 4.03. The van der Waals surface area contributed by atoms with Crippen LogP contribution in [0.25, 0.3) is 0 Å². The second kappa shape index (κ2) is 8.71. The van der Waals surface area contributed by atoms with Crippen molar-refractivity contribution >= 4 is 17.4 Å². The Bertz CT molecular complexity index is 911. The van der Waals surface area contributed by atoms with Crippen molar-refractivity contribution in [2.45, 2.75) is 6.54 Å². The van der Waals surface area contributed by atoms with Gasteiger partial charge in [-0.25, -0.2) is 4.98 Å². The highest BCUT2D eigenvalue weighted by atomic mass is 16.5. The Labute approximate surface area is 158 Å². The fourth-order valence-corrected chi connectivity index (χ4v) is 2.64. The van der Waals surface area contributed by atoms with Crippen molar-refractivity contribution in [2.75, 3.05) is 24.9 Å². The van der Waals surface area contributed by atoms with E-state index in [4.69, 9.17) is 9.47 Å². The van der Waals surface area contributed by atoms with E-state index in [1.807, 2.05) is 36.4 Å². The molecule has 1 heterocycles. The van der Waals surface area contributed by atoms with Crippen LogP contribution in [0, 0.1) is 0 Å². The van der Waals surface area contributed by atoms with E-state index in [-0.39, 0.29) is 5.91 Å². The number of carbonyl (C=O) groups excluding carboxylic acids is 1. The number of anilines is 2. The van der Waals surface area contributed by atoms with Crippen LogP contribution in [-0.4, -0.2) is 25.1 Å². The van der Waals surface area contributed by atoms with Crippen LogP contribution in [0.2, 0.25) is 0 Å². The number of ether oxygens (including phenoxy) is 2. The molecule has 2 N–H and O–H groups in total. The number of amides is 1. The van der Waals surface area contributed by atoms with Gasteiger partial charge in [0, 0.05) is 12.1 Å². The van der Waals surface area contributed by atoms with E-state index < -0.39 is 0 Å². The smallest absolute Gasteiger partial charge is 0.259 e. The number of hydrogen-bond acceptors (Lipinski definition) is 5. The van der Waals surface area contributed by atoms with Gasteiger partial charge in [-0.3, -0.25) is 4.79 Å². The van der Waals surface area contributed by atoms with Crippen LogP contribution < -0.4 is 20.1 Å². The molecule has 1 aromatic heterocycles. The second-order valence-electron chi connectivity index (χ2n) is 5.75. The average Bonchev–Trinajstić information content (AvgIpc) is 2.73. The molecule has 1 amide bonds. The van der Waals surface area contributed by atoms with Crippen molar-refractivity contribution in [3.63, 3.8) is 0 Å². The first-order valence-electron chi connectivity index (χ1n) is 8.47. The zero-order chi connectivity index (χ0) is 19.1. The molecule has 6 heteroatoms. The van der Waals surface area contributed by atoms with Crippen LogP contribution in [0.5, 0.6) is 11.5 Å². The topological polar surface area (TPSA) is 72.5 Å². The van der Waals surface area contributed by atoms with Gasteiger partial charge in [-0.15, -0.1) is 0 Å². The molecule has 3 rings (SSSR count). The Balaban J connectivity index is 1.62. The van der Waals surface area contributed by atoms with Crippen molar-refractivity contribution in [3.8, 4) is 11.5 Å². The minimum atomic E-state index is -0.246. The normalized spacial score (nSPS) is 10.1. The molecule has 0 aliphatic heterocycles. The number of para-hydroxylation sites is 2. The molecule has 0 bridgehead atoms. The Morgan fingerprint density at radius 3 is 2.33 bits per heavy atom. The van der Waals surface area contributed by atoms with Crippen LogP contribution in [0.15, 0.2) is 66.9 Å².